The number of nitrogens with zero attached hydrogens (tertiary/aromatic N) is 1. The van der Waals surface area contributed by atoms with Gasteiger partial charge in [0.15, 0.2) is 0 Å². The molecule has 0 aliphatic rings. The molecule has 1 aromatic carbocycles. The maximum absolute atomic E-state index is 12.1. The molecule has 0 saturated heterocycles. The van der Waals surface area contributed by atoms with Crippen molar-refractivity contribution < 1.29 is 9.53 Å². The Morgan fingerprint density at radius 2 is 1.95 bits per heavy atom. The van der Waals surface area contributed by atoms with Crippen molar-refractivity contribution in [3.05, 3.63) is 40.6 Å². The van der Waals surface area contributed by atoms with Gasteiger partial charge in [0.05, 0.1) is 6.61 Å². The molecule has 0 radical (unpaired) electrons. The van der Waals surface area contributed by atoms with Crippen LogP contribution in [-0.4, -0.2) is 26.2 Å². The minimum absolute atomic E-state index is 0.0329. The van der Waals surface area contributed by atoms with Crippen LogP contribution in [0.1, 0.15) is 16.7 Å². The fraction of sp³-hybridized carbons (Fsp3) is 0.375. The second-order valence-corrected chi connectivity index (χ2v) is 4.84. The molecule has 112 valence electrons. The van der Waals surface area contributed by atoms with Gasteiger partial charge in [-0.05, 0) is 31.9 Å². The molecule has 0 heterocycles. The van der Waals surface area contributed by atoms with Gasteiger partial charge in [-0.1, -0.05) is 17.7 Å². The van der Waals surface area contributed by atoms with Gasteiger partial charge in [0.25, 0.3) is 5.91 Å². The number of nitriles is 1. The van der Waals surface area contributed by atoms with Crippen molar-refractivity contribution >= 4 is 11.6 Å². The van der Waals surface area contributed by atoms with E-state index in [-0.39, 0.29) is 5.57 Å². The van der Waals surface area contributed by atoms with Crippen LogP contribution in [0, 0.1) is 32.1 Å². The summed E-state index contributed by atoms with van der Waals surface area (Å²) in [6.45, 7) is 6.92. The Morgan fingerprint density at radius 3 is 2.48 bits per heavy atom. The van der Waals surface area contributed by atoms with Gasteiger partial charge >= 0.3 is 0 Å². The Morgan fingerprint density at radius 1 is 1.33 bits per heavy atom. The first-order valence-corrected chi connectivity index (χ1v) is 6.71. The Hall–Kier alpha value is -2.32. The molecule has 1 amide bonds. The summed E-state index contributed by atoms with van der Waals surface area (Å²) in [5, 5.41) is 14.7. The quantitative estimate of drug-likeness (QED) is 0.478. The van der Waals surface area contributed by atoms with Crippen molar-refractivity contribution in [1.29, 1.82) is 5.26 Å². The van der Waals surface area contributed by atoms with Gasteiger partial charge in [-0.25, -0.2) is 0 Å². The average molecular weight is 287 g/mol. The Labute approximate surface area is 125 Å². The number of aryl methyl sites for hydroxylation is 3. The molecule has 0 atom stereocenters. The van der Waals surface area contributed by atoms with E-state index in [4.69, 9.17) is 10.00 Å². The molecular weight excluding hydrogens is 266 g/mol. The first kappa shape index (κ1) is 16.7. The molecular formula is C16H21N3O2. The Balaban J connectivity index is 2.82. The largest absolute Gasteiger partial charge is 0.387 e. The number of methoxy groups -OCH3 is 1. The third-order valence-electron chi connectivity index (χ3n) is 2.98. The molecule has 0 spiro atoms. The monoisotopic (exact) mass is 287 g/mol. The van der Waals surface area contributed by atoms with Crippen LogP contribution in [0.2, 0.25) is 0 Å². The van der Waals surface area contributed by atoms with Gasteiger partial charge in [-0.3, -0.25) is 4.79 Å². The maximum Gasteiger partial charge on any atom is 0.267 e. The van der Waals surface area contributed by atoms with Gasteiger partial charge in [0.1, 0.15) is 11.6 Å². The standard InChI is InChI=1S/C16H21N3O2/c1-11-7-12(2)15(13(3)8-11)19-16(20)14(9-17)10-18-5-6-21-4/h7-8,10,18H,5-6H2,1-4H3,(H,19,20)/b14-10-. The summed E-state index contributed by atoms with van der Waals surface area (Å²) >= 11 is 0. The molecule has 0 unspecified atom stereocenters. The highest BCUT2D eigenvalue weighted by atomic mass is 16.5. The Bertz CT molecular complexity index is 563. The Kier molecular flexibility index (Phi) is 6.44. The number of nitrogens with one attached hydrogen (secondary N) is 2. The highest BCUT2D eigenvalue weighted by Crippen LogP contribution is 2.22. The lowest BCUT2D eigenvalue weighted by molar-refractivity contribution is -0.112. The lowest BCUT2D eigenvalue weighted by Gasteiger charge is -2.12. The molecule has 0 aliphatic carbocycles. The van der Waals surface area contributed by atoms with E-state index in [0.29, 0.717) is 13.2 Å². The zero-order valence-electron chi connectivity index (χ0n) is 12.9. The third kappa shape index (κ3) is 4.93. The van der Waals surface area contributed by atoms with Crippen molar-refractivity contribution in [2.75, 3.05) is 25.6 Å². The normalized spacial score (nSPS) is 10.9. The molecule has 5 heteroatoms. The lowest BCUT2D eigenvalue weighted by atomic mass is 10.0. The van der Waals surface area contributed by atoms with Crippen LogP contribution in [-0.2, 0) is 9.53 Å². The zero-order chi connectivity index (χ0) is 15.8. The molecule has 21 heavy (non-hydrogen) atoms. The number of hydrogen-bond donors (Lipinski definition) is 2. The summed E-state index contributed by atoms with van der Waals surface area (Å²) < 4.78 is 4.88. The van der Waals surface area contributed by atoms with Crippen LogP contribution in [0.5, 0.6) is 0 Å². The van der Waals surface area contributed by atoms with E-state index in [1.165, 1.54) is 6.20 Å². The maximum atomic E-state index is 12.1. The lowest BCUT2D eigenvalue weighted by Crippen LogP contribution is -2.19. The second kappa shape index (κ2) is 8.08. The van der Waals surface area contributed by atoms with E-state index in [1.54, 1.807) is 7.11 Å². The van der Waals surface area contributed by atoms with E-state index in [2.05, 4.69) is 10.6 Å². The van der Waals surface area contributed by atoms with Crippen molar-refractivity contribution in [3.8, 4) is 6.07 Å². The molecule has 0 aromatic heterocycles. The molecule has 2 N–H and O–H groups in total. The number of ether oxygens (including phenoxy) is 1. The molecule has 0 fully saturated rings. The number of carbonyl (C=O) groups excluding carboxylic acids is 1. The van der Waals surface area contributed by atoms with Crippen molar-refractivity contribution in [2.45, 2.75) is 20.8 Å². The van der Waals surface area contributed by atoms with Gasteiger partial charge < -0.3 is 15.4 Å². The van der Waals surface area contributed by atoms with E-state index in [9.17, 15) is 4.79 Å². The number of anilines is 1. The summed E-state index contributed by atoms with van der Waals surface area (Å²) in [6.07, 6.45) is 1.41. The minimum Gasteiger partial charge on any atom is -0.387 e. The third-order valence-corrected chi connectivity index (χ3v) is 2.98. The summed E-state index contributed by atoms with van der Waals surface area (Å²) in [6, 6.07) is 5.89. The number of amides is 1. The zero-order valence-corrected chi connectivity index (χ0v) is 12.9. The van der Waals surface area contributed by atoms with Crippen LogP contribution in [0.3, 0.4) is 0 Å². The summed E-state index contributed by atoms with van der Waals surface area (Å²) in [5.74, 6) is -0.419. The predicted molar refractivity (Wildman–Crippen MR) is 82.9 cm³/mol. The van der Waals surface area contributed by atoms with Gasteiger partial charge in [-0.2, -0.15) is 5.26 Å². The smallest absolute Gasteiger partial charge is 0.267 e. The average Bonchev–Trinajstić information content (AvgIpc) is 2.42. The van der Waals surface area contributed by atoms with E-state index in [0.717, 1.165) is 22.4 Å². The van der Waals surface area contributed by atoms with Gasteiger partial charge in [-0.15, -0.1) is 0 Å². The number of benzene rings is 1. The summed E-state index contributed by atoms with van der Waals surface area (Å²) in [7, 11) is 1.59. The fourth-order valence-electron chi connectivity index (χ4n) is 2.04. The second-order valence-electron chi connectivity index (χ2n) is 4.84. The number of rotatable bonds is 6. The summed E-state index contributed by atoms with van der Waals surface area (Å²) in [5.41, 5.74) is 3.88. The van der Waals surface area contributed by atoms with E-state index in [1.807, 2.05) is 39.0 Å². The number of carbonyl (C=O) groups is 1. The molecule has 5 nitrogen and oxygen atoms in total. The first-order chi connectivity index (χ1) is 9.99. The van der Waals surface area contributed by atoms with Gasteiger partial charge in [0.2, 0.25) is 0 Å². The minimum atomic E-state index is -0.419. The number of hydrogen-bond acceptors (Lipinski definition) is 4. The topological polar surface area (TPSA) is 74.1 Å². The van der Waals surface area contributed by atoms with Crippen LogP contribution in [0.4, 0.5) is 5.69 Å². The van der Waals surface area contributed by atoms with E-state index >= 15 is 0 Å². The van der Waals surface area contributed by atoms with Crippen molar-refractivity contribution in [3.63, 3.8) is 0 Å². The van der Waals surface area contributed by atoms with E-state index < -0.39 is 5.91 Å². The molecule has 0 bridgehead atoms. The molecule has 1 aromatic rings. The van der Waals surface area contributed by atoms with Crippen LogP contribution in [0.25, 0.3) is 0 Å². The molecule has 0 aliphatic heterocycles. The van der Waals surface area contributed by atoms with Crippen LogP contribution >= 0.6 is 0 Å². The fourth-order valence-corrected chi connectivity index (χ4v) is 2.04. The van der Waals surface area contributed by atoms with Crippen LogP contribution in [0.15, 0.2) is 23.9 Å². The van der Waals surface area contributed by atoms with Crippen LogP contribution < -0.4 is 10.6 Å². The van der Waals surface area contributed by atoms with Gasteiger partial charge in [0, 0.05) is 25.5 Å². The molecule has 1 rings (SSSR count). The SMILES string of the molecule is COCCN/C=C(/C#N)C(=O)Nc1c(C)cc(C)cc1C. The summed E-state index contributed by atoms with van der Waals surface area (Å²) in [4.78, 5) is 12.1. The first-order valence-electron chi connectivity index (χ1n) is 6.71. The highest BCUT2D eigenvalue weighted by Gasteiger charge is 2.12. The highest BCUT2D eigenvalue weighted by molar-refractivity contribution is 6.07. The predicted octanol–water partition coefficient (Wildman–Crippen LogP) is 2.19. The van der Waals surface area contributed by atoms with Crippen molar-refractivity contribution in [1.82, 2.24) is 5.32 Å². The molecule has 0 saturated carbocycles. The van der Waals surface area contributed by atoms with Crippen molar-refractivity contribution in [2.24, 2.45) is 0 Å².